The van der Waals surface area contributed by atoms with Gasteiger partial charge >= 0.3 is 12.1 Å². The number of carbonyl (C=O) groups excluding carboxylic acids is 2. The van der Waals surface area contributed by atoms with Gasteiger partial charge < -0.3 is 20.5 Å². The minimum absolute atomic E-state index is 0.0756. The fraction of sp³-hybridized carbons (Fsp3) is 0.108. The van der Waals surface area contributed by atoms with Gasteiger partial charge in [-0.25, -0.2) is 9.59 Å². The maximum absolute atomic E-state index is 12.8. The molecule has 5 aromatic carbocycles. The molecular weight excluding hydrogens is 552 g/mol. The lowest BCUT2D eigenvalue weighted by atomic mass is 9.98. The minimum Gasteiger partial charge on any atom is -0.480 e. The summed E-state index contributed by atoms with van der Waals surface area (Å²) < 4.78 is 5.56. The second kappa shape index (κ2) is 12.7. The van der Waals surface area contributed by atoms with E-state index in [9.17, 15) is 19.5 Å². The molecule has 0 saturated heterocycles. The molecule has 0 radical (unpaired) electrons. The average molecular weight is 583 g/mol. The van der Waals surface area contributed by atoms with Crippen molar-refractivity contribution in [2.45, 2.75) is 18.4 Å². The van der Waals surface area contributed by atoms with E-state index in [1.165, 1.54) is 0 Å². The van der Waals surface area contributed by atoms with Crippen LogP contribution >= 0.6 is 0 Å². The van der Waals surface area contributed by atoms with Crippen LogP contribution in [0.5, 0.6) is 0 Å². The highest BCUT2D eigenvalue weighted by Gasteiger charge is 2.30. The molecule has 44 heavy (non-hydrogen) atoms. The number of amides is 2. The molecule has 0 aliphatic heterocycles. The number of nitrogens with one attached hydrogen (secondary N) is 2. The second-order valence-electron chi connectivity index (χ2n) is 10.6. The first-order chi connectivity index (χ1) is 21.5. The number of fused-ring (bicyclic) bond motifs is 3. The number of carboxylic acids is 1. The van der Waals surface area contributed by atoms with Gasteiger partial charge in [0.1, 0.15) is 12.6 Å². The van der Waals surface area contributed by atoms with Crippen molar-refractivity contribution in [3.63, 3.8) is 0 Å². The van der Waals surface area contributed by atoms with Gasteiger partial charge in [-0.3, -0.25) is 4.79 Å². The molecule has 0 spiro atoms. The van der Waals surface area contributed by atoms with Gasteiger partial charge in [0.2, 0.25) is 0 Å². The van der Waals surface area contributed by atoms with E-state index >= 15 is 0 Å². The standard InChI is InChI=1S/C37H30N2O5/c40-35(26-10-2-1-3-11-26)38-33-17-9-8-12-27(33)25-20-18-24(19-21-25)22-34(36(41)42)39-37(43)44-23-32-30-15-6-4-13-28(30)29-14-5-7-16-31(29)32/h1-21,32,34H,22-23H2,(H,38,40)(H,39,43)(H,41,42)/t34-/m1/s1. The van der Waals surface area contributed by atoms with Crippen molar-refractivity contribution in [3.05, 3.63) is 150 Å². The van der Waals surface area contributed by atoms with Crippen LogP contribution in [0.2, 0.25) is 0 Å². The zero-order valence-corrected chi connectivity index (χ0v) is 23.8. The summed E-state index contributed by atoms with van der Waals surface area (Å²) in [5.41, 5.74) is 8.02. The molecule has 6 rings (SSSR count). The Labute approximate surface area is 255 Å². The molecule has 2 amide bonds. The molecule has 3 N–H and O–H groups in total. The third-order valence-electron chi connectivity index (χ3n) is 7.85. The Bertz CT molecular complexity index is 1770. The third-order valence-corrected chi connectivity index (χ3v) is 7.85. The number of rotatable bonds is 9. The van der Waals surface area contributed by atoms with Gasteiger partial charge in [0, 0.05) is 29.2 Å². The van der Waals surface area contributed by atoms with E-state index < -0.39 is 18.1 Å². The molecule has 5 aromatic rings. The summed E-state index contributed by atoms with van der Waals surface area (Å²) in [4.78, 5) is 37.6. The quantitative estimate of drug-likeness (QED) is 0.171. The number of carbonyl (C=O) groups is 3. The number of anilines is 1. The Morgan fingerprint density at radius 3 is 1.89 bits per heavy atom. The highest BCUT2D eigenvalue weighted by atomic mass is 16.5. The lowest BCUT2D eigenvalue weighted by Crippen LogP contribution is -2.42. The summed E-state index contributed by atoms with van der Waals surface area (Å²) >= 11 is 0. The Morgan fingerprint density at radius 2 is 1.25 bits per heavy atom. The molecule has 0 fully saturated rings. The van der Waals surface area contributed by atoms with E-state index in [4.69, 9.17) is 4.74 Å². The van der Waals surface area contributed by atoms with Crippen molar-refractivity contribution in [1.29, 1.82) is 0 Å². The number of carboxylic acid groups (broad SMARTS) is 1. The SMILES string of the molecule is O=C(N[C@H](Cc1ccc(-c2ccccc2NC(=O)c2ccccc2)cc1)C(=O)O)OCC1c2ccccc2-c2ccccc21. The lowest BCUT2D eigenvalue weighted by Gasteiger charge is -2.18. The highest BCUT2D eigenvalue weighted by Crippen LogP contribution is 2.44. The van der Waals surface area contributed by atoms with Gasteiger partial charge in [-0.05, 0) is 51.6 Å². The molecule has 0 bridgehead atoms. The van der Waals surface area contributed by atoms with Crippen LogP contribution in [0.3, 0.4) is 0 Å². The zero-order chi connectivity index (χ0) is 30.5. The molecule has 0 unspecified atom stereocenters. The number of hydrogen-bond donors (Lipinski definition) is 3. The molecule has 1 aliphatic carbocycles. The van der Waals surface area contributed by atoms with Crippen LogP contribution in [0.25, 0.3) is 22.3 Å². The summed E-state index contributed by atoms with van der Waals surface area (Å²) in [6, 6.07) is 38.7. The monoisotopic (exact) mass is 582 g/mol. The average Bonchev–Trinajstić information content (AvgIpc) is 3.38. The van der Waals surface area contributed by atoms with Crippen LogP contribution in [0.15, 0.2) is 127 Å². The molecular formula is C37H30N2O5. The lowest BCUT2D eigenvalue weighted by molar-refractivity contribution is -0.139. The van der Waals surface area contributed by atoms with Crippen molar-refractivity contribution >= 4 is 23.7 Å². The number of para-hydroxylation sites is 1. The van der Waals surface area contributed by atoms with Gasteiger partial charge in [-0.15, -0.1) is 0 Å². The molecule has 0 aromatic heterocycles. The van der Waals surface area contributed by atoms with E-state index in [0.717, 1.165) is 38.9 Å². The van der Waals surface area contributed by atoms with Crippen LogP contribution in [0.1, 0.15) is 33.0 Å². The first-order valence-electron chi connectivity index (χ1n) is 14.4. The molecule has 218 valence electrons. The summed E-state index contributed by atoms with van der Waals surface area (Å²) in [7, 11) is 0. The smallest absolute Gasteiger partial charge is 0.407 e. The van der Waals surface area contributed by atoms with Crippen LogP contribution < -0.4 is 10.6 Å². The predicted molar refractivity (Wildman–Crippen MR) is 170 cm³/mol. The van der Waals surface area contributed by atoms with Gasteiger partial charge in [0.15, 0.2) is 0 Å². The van der Waals surface area contributed by atoms with E-state index in [-0.39, 0.29) is 24.9 Å². The van der Waals surface area contributed by atoms with Gasteiger partial charge in [0.05, 0.1) is 0 Å². The topological polar surface area (TPSA) is 105 Å². The van der Waals surface area contributed by atoms with E-state index in [2.05, 4.69) is 22.8 Å². The number of alkyl carbamates (subject to hydrolysis) is 1. The van der Waals surface area contributed by atoms with E-state index in [1.807, 2.05) is 103 Å². The maximum atomic E-state index is 12.8. The predicted octanol–water partition coefficient (Wildman–Crippen LogP) is 7.14. The van der Waals surface area contributed by atoms with E-state index in [1.54, 1.807) is 12.1 Å². The Hall–Kier alpha value is -5.69. The van der Waals surface area contributed by atoms with Gasteiger partial charge in [0.25, 0.3) is 5.91 Å². The molecule has 7 nitrogen and oxygen atoms in total. The number of aliphatic carboxylic acids is 1. The van der Waals surface area contributed by atoms with Gasteiger partial charge in [-0.2, -0.15) is 0 Å². The Morgan fingerprint density at radius 1 is 0.682 bits per heavy atom. The first kappa shape index (κ1) is 28.4. The van der Waals surface area contributed by atoms with Crippen LogP contribution in [-0.4, -0.2) is 35.7 Å². The zero-order valence-electron chi connectivity index (χ0n) is 23.8. The Balaban J connectivity index is 1.10. The van der Waals surface area contributed by atoms with E-state index in [0.29, 0.717) is 11.3 Å². The van der Waals surface area contributed by atoms with Crippen LogP contribution in [0.4, 0.5) is 10.5 Å². The second-order valence-corrected chi connectivity index (χ2v) is 10.6. The molecule has 1 atom stereocenters. The summed E-state index contributed by atoms with van der Waals surface area (Å²) in [6.07, 6.45) is -0.703. The number of ether oxygens (including phenoxy) is 1. The summed E-state index contributed by atoms with van der Waals surface area (Å²) in [6.45, 7) is 0.0983. The Kier molecular flexibility index (Phi) is 8.19. The van der Waals surface area contributed by atoms with Gasteiger partial charge in [-0.1, -0.05) is 109 Å². The fourth-order valence-corrected chi connectivity index (χ4v) is 5.67. The van der Waals surface area contributed by atoms with Crippen molar-refractivity contribution in [2.75, 3.05) is 11.9 Å². The normalized spacial score (nSPS) is 12.5. The fourth-order valence-electron chi connectivity index (χ4n) is 5.67. The van der Waals surface area contributed by atoms with Crippen LogP contribution in [-0.2, 0) is 16.0 Å². The molecule has 1 aliphatic rings. The largest absolute Gasteiger partial charge is 0.480 e. The first-order valence-corrected chi connectivity index (χ1v) is 14.4. The molecule has 7 heteroatoms. The van der Waals surface area contributed by atoms with Crippen molar-refractivity contribution in [2.24, 2.45) is 0 Å². The summed E-state index contributed by atoms with van der Waals surface area (Å²) in [5.74, 6) is -1.49. The summed E-state index contributed by atoms with van der Waals surface area (Å²) in [5, 5.41) is 15.4. The van der Waals surface area contributed by atoms with Crippen molar-refractivity contribution < 1.29 is 24.2 Å². The van der Waals surface area contributed by atoms with Crippen molar-refractivity contribution in [3.8, 4) is 22.3 Å². The minimum atomic E-state index is -1.17. The van der Waals surface area contributed by atoms with Crippen molar-refractivity contribution in [1.82, 2.24) is 5.32 Å². The number of benzene rings is 5. The maximum Gasteiger partial charge on any atom is 0.407 e. The molecule has 0 saturated carbocycles. The highest BCUT2D eigenvalue weighted by molar-refractivity contribution is 6.06. The number of hydrogen-bond acceptors (Lipinski definition) is 4. The third kappa shape index (κ3) is 6.08. The van der Waals surface area contributed by atoms with Crippen LogP contribution in [0, 0.1) is 0 Å². The molecule has 0 heterocycles.